The number of carbonyl (C=O) groups is 2. The summed E-state index contributed by atoms with van der Waals surface area (Å²) in [6.07, 6.45) is -0.0526. The zero-order valence-corrected chi connectivity index (χ0v) is 14.0. The van der Waals surface area contributed by atoms with Gasteiger partial charge in [0.2, 0.25) is 5.91 Å². The van der Waals surface area contributed by atoms with Crippen LogP contribution < -0.4 is 14.8 Å². The summed E-state index contributed by atoms with van der Waals surface area (Å²) in [7, 11) is 1.54. The molecule has 1 amide bonds. The molecule has 1 aliphatic carbocycles. The number of carboxylic acid groups (broad SMARTS) is 1. The monoisotopic (exact) mass is 321 g/mol. The molecule has 0 heterocycles. The summed E-state index contributed by atoms with van der Waals surface area (Å²) in [5.74, 6) is -1.37. The molecule has 1 fully saturated rings. The molecule has 6 nitrogen and oxygen atoms in total. The lowest BCUT2D eigenvalue weighted by Gasteiger charge is -2.16. The molecule has 126 valence electrons. The van der Waals surface area contributed by atoms with Crippen LogP contribution in [0.1, 0.15) is 27.7 Å². The average molecular weight is 321 g/mol. The van der Waals surface area contributed by atoms with Crippen LogP contribution in [0.5, 0.6) is 11.5 Å². The van der Waals surface area contributed by atoms with E-state index in [-0.39, 0.29) is 12.0 Å². The van der Waals surface area contributed by atoms with Gasteiger partial charge in [-0.25, -0.2) is 0 Å². The van der Waals surface area contributed by atoms with E-state index in [1.165, 1.54) is 7.11 Å². The Labute approximate surface area is 135 Å². The standard InChI is InChI=1S/C17H23NO5/c1-9(2)23-12-7-6-10(22-5)8-11(12)18-15(19)13-14(16(20)21)17(13,3)4/h6-9,13-14H,1-5H3,(H,18,19)(H,20,21). The SMILES string of the molecule is COc1ccc(OC(C)C)c(NC(=O)C2C(C(=O)O)C2(C)C)c1. The highest BCUT2D eigenvalue weighted by Crippen LogP contribution is 2.58. The van der Waals surface area contributed by atoms with Gasteiger partial charge in [0.15, 0.2) is 0 Å². The first kappa shape index (κ1) is 17.1. The molecule has 2 N–H and O–H groups in total. The van der Waals surface area contributed by atoms with Crippen LogP contribution in [0.4, 0.5) is 5.69 Å². The zero-order valence-electron chi connectivity index (χ0n) is 14.0. The lowest BCUT2D eigenvalue weighted by Crippen LogP contribution is -2.19. The van der Waals surface area contributed by atoms with Gasteiger partial charge in [0.05, 0.1) is 30.7 Å². The number of rotatable bonds is 6. The predicted molar refractivity (Wildman–Crippen MR) is 85.8 cm³/mol. The Kier molecular flexibility index (Phi) is 4.54. The van der Waals surface area contributed by atoms with Crippen LogP contribution in [0, 0.1) is 17.3 Å². The van der Waals surface area contributed by atoms with E-state index >= 15 is 0 Å². The Morgan fingerprint density at radius 1 is 1.26 bits per heavy atom. The van der Waals surface area contributed by atoms with Crippen molar-refractivity contribution in [2.75, 3.05) is 12.4 Å². The molecule has 2 atom stereocenters. The Hall–Kier alpha value is -2.24. The molecule has 1 aliphatic rings. The van der Waals surface area contributed by atoms with Crippen LogP contribution in [-0.2, 0) is 9.59 Å². The molecule has 0 bridgehead atoms. The van der Waals surface area contributed by atoms with Gasteiger partial charge in [-0.15, -0.1) is 0 Å². The molecular weight excluding hydrogens is 298 g/mol. The maximum atomic E-state index is 12.5. The Bertz CT molecular complexity index is 623. The molecule has 0 radical (unpaired) electrons. The first-order chi connectivity index (χ1) is 10.7. The minimum absolute atomic E-state index is 0.0526. The molecule has 1 aromatic rings. The summed E-state index contributed by atoms with van der Waals surface area (Å²) in [5, 5.41) is 12.0. The number of hydrogen-bond donors (Lipinski definition) is 2. The van der Waals surface area contributed by atoms with E-state index in [1.54, 1.807) is 32.0 Å². The van der Waals surface area contributed by atoms with Gasteiger partial charge in [-0.05, 0) is 31.4 Å². The fraction of sp³-hybridized carbons (Fsp3) is 0.529. The number of nitrogens with one attached hydrogen (secondary N) is 1. The summed E-state index contributed by atoms with van der Waals surface area (Å²) in [5.41, 5.74) is -0.0664. The summed E-state index contributed by atoms with van der Waals surface area (Å²) in [6, 6.07) is 5.14. The number of hydrogen-bond acceptors (Lipinski definition) is 4. The quantitative estimate of drug-likeness (QED) is 0.841. The summed E-state index contributed by atoms with van der Waals surface area (Å²) < 4.78 is 10.9. The average Bonchev–Trinajstić information content (AvgIpc) is 3.03. The smallest absolute Gasteiger partial charge is 0.307 e. The van der Waals surface area contributed by atoms with E-state index in [2.05, 4.69) is 5.32 Å². The topological polar surface area (TPSA) is 84.9 Å². The summed E-state index contributed by atoms with van der Waals surface area (Å²) in [6.45, 7) is 7.35. The van der Waals surface area contributed by atoms with Gasteiger partial charge in [0, 0.05) is 6.07 Å². The van der Waals surface area contributed by atoms with Crippen LogP contribution >= 0.6 is 0 Å². The second kappa shape index (κ2) is 6.10. The lowest BCUT2D eigenvalue weighted by atomic mass is 10.1. The number of methoxy groups -OCH3 is 1. The lowest BCUT2D eigenvalue weighted by molar-refractivity contribution is -0.140. The maximum Gasteiger partial charge on any atom is 0.307 e. The zero-order chi connectivity index (χ0) is 17.4. The van der Waals surface area contributed by atoms with Crippen molar-refractivity contribution >= 4 is 17.6 Å². The molecule has 0 spiro atoms. The Morgan fingerprint density at radius 3 is 2.39 bits per heavy atom. The summed E-state index contributed by atoms with van der Waals surface area (Å²) >= 11 is 0. The van der Waals surface area contributed by atoms with E-state index in [1.807, 2.05) is 13.8 Å². The van der Waals surface area contributed by atoms with Gasteiger partial charge >= 0.3 is 5.97 Å². The van der Waals surface area contributed by atoms with Crippen molar-refractivity contribution in [3.63, 3.8) is 0 Å². The van der Waals surface area contributed by atoms with Crippen molar-refractivity contribution in [3.8, 4) is 11.5 Å². The number of amides is 1. The second-order valence-corrected chi connectivity index (χ2v) is 6.63. The van der Waals surface area contributed by atoms with Gasteiger partial charge in [0.25, 0.3) is 0 Å². The fourth-order valence-corrected chi connectivity index (χ4v) is 2.89. The highest BCUT2D eigenvalue weighted by Gasteiger charge is 2.65. The third-order valence-corrected chi connectivity index (χ3v) is 4.18. The molecule has 1 aromatic carbocycles. The maximum absolute atomic E-state index is 12.5. The van der Waals surface area contributed by atoms with Gasteiger partial charge in [-0.2, -0.15) is 0 Å². The number of ether oxygens (including phenoxy) is 2. The third kappa shape index (κ3) is 3.41. The van der Waals surface area contributed by atoms with Crippen LogP contribution in [-0.4, -0.2) is 30.2 Å². The number of anilines is 1. The molecule has 0 aromatic heterocycles. The molecule has 0 aliphatic heterocycles. The van der Waals surface area contributed by atoms with Crippen LogP contribution in [0.3, 0.4) is 0 Å². The predicted octanol–water partition coefficient (Wildman–Crippen LogP) is 2.78. The van der Waals surface area contributed by atoms with E-state index in [0.29, 0.717) is 17.2 Å². The number of aliphatic carboxylic acids is 1. The molecule has 0 saturated heterocycles. The van der Waals surface area contributed by atoms with Crippen molar-refractivity contribution in [2.24, 2.45) is 17.3 Å². The largest absolute Gasteiger partial charge is 0.497 e. The van der Waals surface area contributed by atoms with Gasteiger partial charge in [-0.3, -0.25) is 9.59 Å². The molecule has 23 heavy (non-hydrogen) atoms. The summed E-state index contributed by atoms with van der Waals surface area (Å²) in [4.78, 5) is 23.7. The fourth-order valence-electron chi connectivity index (χ4n) is 2.89. The van der Waals surface area contributed by atoms with Crippen molar-refractivity contribution < 1.29 is 24.2 Å². The van der Waals surface area contributed by atoms with Crippen LogP contribution in [0.25, 0.3) is 0 Å². The van der Waals surface area contributed by atoms with Crippen molar-refractivity contribution in [2.45, 2.75) is 33.8 Å². The normalized spacial score (nSPS) is 21.7. The highest BCUT2D eigenvalue weighted by molar-refractivity contribution is 6.00. The van der Waals surface area contributed by atoms with Crippen LogP contribution in [0.2, 0.25) is 0 Å². The van der Waals surface area contributed by atoms with E-state index in [0.717, 1.165) is 0 Å². The number of carbonyl (C=O) groups excluding carboxylic acids is 1. The first-order valence-corrected chi connectivity index (χ1v) is 7.56. The molecular formula is C17H23NO5. The van der Waals surface area contributed by atoms with E-state index < -0.39 is 23.2 Å². The van der Waals surface area contributed by atoms with Crippen LogP contribution in [0.15, 0.2) is 18.2 Å². The van der Waals surface area contributed by atoms with Crippen molar-refractivity contribution in [3.05, 3.63) is 18.2 Å². The Balaban J connectivity index is 2.22. The molecule has 2 unspecified atom stereocenters. The van der Waals surface area contributed by atoms with Gasteiger partial charge < -0.3 is 19.9 Å². The third-order valence-electron chi connectivity index (χ3n) is 4.18. The Morgan fingerprint density at radius 2 is 1.91 bits per heavy atom. The first-order valence-electron chi connectivity index (χ1n) is 7.56. The number of benzene rings is 1. The number of carboxylic acids is 1. The molecule has 6 heteroatoms. The van der Waals surface area contributed by atoms with Gasteiger partial charge in [0.1, 0.15) is 11.5 Å². The minimum Gasteiger partial charge on any atom is -0.497 e. The van der Waals surface area contributed by atoms with E-state index in [4.69, 9.17) is 9.47 Å². The van der Waals surface area contributed by atoms with Gasteiger partial charge in [-0.1, -0.05) is 13.8 Å². The highest BCUT2D eigenvalue weighted by atomic mass is 16.5. The van der Waals surface area contributed by atoms with Crippen molar-refractivity contribution in [1.29, 1.82) is 0 Å². The minimum atomic E-state index is -0.945. The second-order valence-electron chi connectivity index (χ2n) is 6.63. The van der Waals surface area contributed by atoms with Crippen molar-refractivity contribution in [1.82, 2.24) is 0 Å². The van der Waals surface area contributed by atoms with E-state index in [9.17, 15) is 14.7 Å². The molecule has 1 saturated carbocycles. The molecule has 2 rings (SSSR count).